The molecule has 1 aromatic heterocycles. The number of carboxylic acid groups (broad SMARTS) is 1. The minimum Gasteiger partial charge on any atom is -0.481 e. The molecule has 0 fully saturated rings. The molecule has 0 radical (unpaired) electrons. The van der Waals surface area contributed by atoms with Crippen molar-refractivity contribution >= 4 is 28.5 Å². The Morgan fingerprint density at radius 2 is 2.00 bits per heavy atom. The van der Waals surface area contributed by atoms with Gasteiger partial charge in [0.25, 0.3) is 5.56 Å². The zero-order valence-electron chi connectivity index (χ0n) is 12.3. The summed E-state index contributed by atoms with van der Waals surface area (Å²) < 4.78 is 1.44. The Kier molecular flexibility index (Phi) is 3.88. The quantitative estimate of drug-likeness (QED) is 0.802. The molecule has 2 aromatic carbocycles. The third-order valence-electron chi connectivity index (χ3n) is 3.55. The summed E-state index contributed by atoms with van der Waals surface area (Å²) in [4.78, 5) is 28.0. The van der Waals surface area contributed by atoms with E-state index in [0.717, 1.165) is 0 Å². The lowest BCUT2D eigenvalue weighted by Crippen LogP contribution is -2.22. The molecule has 1 heterocycles. The summed E-state index contributed by atoms with van der Waals surface area (Å²) in [5.41, 5.74) is 1.48. The molecule has 23 heavy (non-hydrogen) atoms. The van der Waals surface area contributed by atoms with Gasteiger partial charge >= 0.3 is 5.97 Å². The minimum absolute atomic E-state index is 0.121. The molecule has 3 aromatic rings. The first kappa shape index (κ1) is 15.2. The Bertz CT molecular complexity index is 979. The molecule has 0 amide bonds. The Balaban J connectivity index is 2.21. The first-order chi connectivity index (χ1) is 11.0. The maximum atomic E-state index is 12.7. The van der Waals surface area contributed by atoms with Gasteiger partial charge in [-0.25, -0.2) is 4.98 Å². The average molecular weight is 329 g/mol. The number of nitrogens with zero attached hydrogens (tertiary/aromatic N) is 2. The number of rotatable bonds is 3. The van der Waals surface area contributed by atoms with Gasteiger partial charge in [0.05, 0.1) is 28.0 Å². The van der Waals surface area contributed by atoms with Crippen LogP contribution in [0.2, 0.25) is 5.02 Å². The van der Waals surface area contributed by atoms with Gasteiger partial charge in [-0.2, -0.15) is 0 Å². The fourth-order valence-electron chi connectivity index (χ4n) is 2.54. The molecule has 6 heteroatoms. The van der Waals surface area contributed by atoms with Gasteiger partial charge in [-0.3, -0.25) is 14.2 Å². The van der Waals surface area contributed by atoms with Gasteiger partial charge in [0, 0.05) is 0 Å². The first-order valence-corrected chi connectivity index (χ1v) is 7.34. The zero-order valence-corrected chi connectivity index (χ0v) is 13.0. The third kappa shape index (κ3) is 2.83. The number of benzene rings is 2. The van der Waals surface area contributed by atoms with Crippen molar-refractivity contribution in [2.45, 2.75) is 13.3 Å². The topological polar surface area (TPSA) is 72.2 Å². The van der Waals surface area contributed by atoms with Gasteiger partial charge in [-0.1, -0.05) is 29.8 Å². The van der Waals surface area contributed by atoms with Crippen molar-refractivity contribution in [3.63, 3.8) is 0 Å². The molecule has 0 aliphatic rings. The summed E-state index contributed by atoms with van der Waals surface area (Å²) in [5.74, 6) is -0.420. The number of carbonyl (C=O) groups is 1. The van der Waals surface area contributed by atoms with E-state index in [1.54, 1.807) is 43.3 Å². The molecule has 0 atom stereocenters. The monoisotopic (exact) mass is 328 g/mol. The van der Waals surface area contributed by atoms with Crippen LogP contribution in [-0.2, 0) is 11.2 Å². The van der Waals surface area contributed by atoms with Crippen molar-refractivity contribution in [2.24, 2.45) is 0 Å². The van der Waals surface area contributed by atoms with E-state index in [-0.39, 0.29) is 12.0 Å². The molecule has 0 aliphatic carbocycles. The second-order valence-electron chi connectivity index (χ2n) is 5.17. The Morgan fingerprint density at radius 3 is 2.70 bits per heavy atom. The standard InChI is InChI=1S/C17H13ClN2O3/c1-10-19-14-5-3-2-4-12(14)17(23)20(10)15-7-6-11(8-13(15)18)9-16(21)22/h2-8H,9H2,1H3,(H,21,22). The molecule has 0 saturated heterocycles. The highest BCUT2D eigenvalue weighted by molar-refractivity contribution is 6.32. The van der Waals surface area contributed by atoms with Crippen LogP contribution in [0.5, 0.6) is 0 Å². The van der Waals surface area contributed by atoms with Crippen LogP contribution in [-0.4, -0.2) is 20.6 Å². The van der Waals surface area contributed by atoms with Crippen molar-refractivity contribution in [1.29, 1.82) is 0 Å². The highest BCUT2D eigenvalue weighted by atomic mass is 35.5. The van der Waals surface area contributed by atoms with Gasteiger partial charge in [0.2, 0.25) is 0 Å². The molecule has 0 unspecified atom stereocenters. The molecule has 5 nitrogen and oxygen atoms in total. The highest BCUT2D eigenvalue weighted by Crippen LogP contribution is 2.23. The molecule has 0 bridgehead atoms. The van der Waals surface area contributed by atoms with E-state index in [9.17, 15) is 9.59 Å². The second kappa shape index (κ2) is 5.85. The molecular weight excluding hydrogens is 316 g/mol. The van der Waals surface area contributed by atoms with Crippen molar-refractivity contribution in [3.05, 3.63) is 69.2 Å². The van der Waals surface area contributed by atoms with Crippen LogP contribution < -0.4 is 5.56 Å². The minimum atomic E-state index is -0.936. The van der Waals surface area contributed by atoms with Crippen LogP contribution in [0, 0.1) is 6.92 Å². The summed E-state index contributed by atoms with van der Waals surface area (Å²) in [6.45, 7) is 1.73. The van der Waals surface area contributed by atoms with E-state index in [0.29, 0.717) is 33.0 Å². The van der Waals surface area contributed by atoms with Gasteiger partial charge in [-0.15, -0.1) is 0 Å². The SMILES string of the molecule is Cc1nc2ccccc2c(=O)n1-c1ccc(CC(=O)O)cc1Cl. The average Bonchev–Trinajstić information content (AvgIpc) is 2.48. The first-order valence-electron chi connectivity index (χ1n) is 6.96. The smallest absolute Gasteiger partial charge is 0.307 e. The number of fused-ring (bicyclic) bond motifs is 1. The van der Waals surface area contributed by atoms with Crippen LogP contribution in [0.3, 0.4) is 0 Å². The third-order valence-corrected chi connectivity index (χ3v) is 3.85. The molecule has 0 spiro atoms. The van der Waals surface area contributed by atoms with Gasteiger partial charge < -0.3 is 5.11 Å². The van der Waals surface area contributed by atoms with E-state index in [4.69, 9.17) is 16.7 Å². The fourth-order valence-corrected chi connectivity index (χ4v) is 2.83. The maximum absolute atomic E-state index is 12.7. The fraction of sp³-hybridized carbons (Fsp3) is 0.118. The molecule has 1 N–H and O–H groups in total. The lowest BCUT2D eigenvalue weighted by molar-refractivity contribution is -0.136. The largest absolute Gasteiger partial charge is 0.481 e. The molecule has 116 valence electrons. The number of aliphatic carboxylic acids is 1. The number of halogens is 1. The van der Waals surface area contributed by atoms with E-state index in [1.165, 1.54) is 4.57 Å². The number of aryl methyl sites for hydroxylation is 1. The van der Waals surface area contributed by atoms with Crippen LogP contribution >= 0.6 is 11.6 Å². The summed E-state index contributed by atoms with van der Waals surface area (Å²) >= 11 is 6.26. The zero-order chi connectivity index (χ0) is 16.6. The van der Waals surface area contributed by atoms with Crippen LogP contribution in [0.4, 0.5) is 0 Å². The Hall–Kier alpha value is -2.66. The van der Waals surface area contributed by atoms with Crippen molar-refractivity contribution in [2.75, 3.05) is 0 Å². The van der Waals surface area contributed by atoms with Crippen molar-refractivity contribution < 1.29 is 9.90 Å². The van der Waals surface area contributed by atoms with E-state index < -0.39 is 5.97 Å². The summed E-state index contributed by atoms with van der Waals surface area (Å²) in [7, 11) is 0. The summed E-state index contributed by atoms with van der Waals surface area (Å²) in [5, 5.41) is 9.66. The van der Waals surface area contributed by atoms with Crippen molar-refractivity contribution in [1.82, 2.24) is 9.55 Å². The van der Waals surface area contributed by atoms with E-state index >= 15 is 0 Å². The van der Waals surface area contributed by atoms with Crippen LogP contribution in [0.15, 0.2) is 47.3 Å². The Labute approximate surface area is 136 Å². The molecule has 0 saturated carbocycles. The molecular formula is C17H13ClN2O3. The van der Waals surface area contributed by atoms with E-state index in [2.05, 4.69) is 4.98 Å². The predicted octanol–water partition coefficient (Wildman–Crippen LogP) is 2.97. The number of para-hydroxylation sites is 1. The normalized spacial score (nSPS) is 10.9. The van der Waals surface area contributed by atoms with Crippen molar-refractivity contribution in [3.8, 4) is 5.69 Å². The lowest BCUT2D eigenvalue weighted by Gasteiger charge is -2.13. The summed E-state index contributed by atoms with van der Waals surface area (Å²) in [6.07, 6.45) is -0.121. The number of hydrogen-bond acceptors (Lipinski definition) is 3. The lowest BCUT2D eigenvalue weighted by atomic mass is 10.1. The predicted molar refractivity (Wildman–Crippen MR) is 88.4 cm³/mol. The maximum Gasteiger partial charge on any atom is 0.307 e. The summed E-state index contributed by atoms with van der Waals surface area (Å²) in [6, 6.07) is 12.0. The second-order valence-corrected chi connectivity index (χ2v) is 5.58. The van der Waals surface area contributed by atoms with Gasteiger partial charge in [-0.05, 0) is 36.8 Å². The van der Waals surface area contributed by atoms with Crippen LogP contribution in [0.25, 0.3) is 16.6 Å². The Morgan fingerprint density at radius 1 is 1.26 bits per heavy atom. The number of carboxylic acids is 1. The van der Waals surface area contributed by atoms with Crippen LogP contribution in [0.1, 0.15) is 11.4 Å². The molecule has 3 rings (SSSR count). The highest BCUT2D eigenvalue weighted by Gasteiger charge is 2.13. The number of aromatic nitrogens is 2. The van der Waals surface area contributed by atoms with Gasteiger partial charge in [0.15, 0.2) is 0 Å². The van der Waals surface area contributed by atoms with E-state index in [1.807, 2.05) is 6.07 Å². The molecule has 0 aliphatic heterocycles. The number of hydrogen-bond donors (Lipinski definition) is 1. The van der Waals surface area contributed by atoms with Gasteiger partial charge in [0.1, 0.15) is 5.82 Å².